The number of nitrogens with zero attached hydrogens (tertiary/aromatic N) is 5. The number of thiazole rings is 1. The Hall–Kier alpha value is -1.47. The summed E-state index contributed by atoms with van der Waals surface area (Å²) in [4.78, 5) is 7.11. The van der Waals surface area contributed by atoms with Crippen molar-refractivity contribution in [2.45, 2.75) is 25.9 Å². The second-order valence-corrected chi connectivity index (χ2v) is 5.81. The molecule has 0 atom stereocenters. The second kappa shape index (κ2) is 4.57. The molecule has 0 bridgehead atoms. The number of hydrogen-bond donors (Lipinski definition) is 1. The fourth-order valence-corrected chi connectivity index (χ4v) is 3.56. The molecule has 4 rings (SSSR count). The van der Waals surface area contributed by atoms with Gasteiger partial charge >= 0.3 is 0 Å². The van der Waals surface area contributed by atoms with Gasteiger partial charge in [-0.3, -0.25) is 0 Å². The molecule has 4 heterocycles. The van der Waals surface area contributed by atoms with Gasteiger partial charge in [0.05, 0.1) is 6.54 Å². The lowest BCUT2D eigenvalue weighted by Gasteiger charge is -2.15. The highest BCUT2D eigenvalue weighted by atomic mass is 32.1. The minimum Gasteiger partial charge on any atom is -0.348 e. The van der Waals surface area contributed by atoms with E-state index in [0.29, 0.717) is 0 Å². The lowest BCUT2D eigenvalue weighted by molar-refractivity contribution is 0.508. The average molecular weight is 276 g/mol. The number of nitrogens with one attached hydrogen (secondary N) is 1. The Morgan fingerprint density at radius 2 is 2.05 bits per heavy atom. The Balaban J connectivity index is 1.67. The summed E-state index contributed by atoms with van der Waals surface area (Å²) in [7, 11) is 0. The van der Waals surface area contributed by atoms with Crippen LogP contribution in [0.2, 0.25) is 0 Å². The number of hydrogen-bond acceptors (Lipinski definition) is 6. The van der Waals surface area contributed by atoms with Crippen LogP contribution in [-0.4, -0.2) is 39.4 Å². The first-order valence-corrected chi connectivity index (χ1v) is 7.63. The summed E-state index contributed by atoms with van der Waals surface area (Å²) in [6.45, 7) is 4.97. The standard InChI is InChI=1S/C12H16N6S/c1-2-5-17(4-1)12-14-9(8-19-12)11-16-15-10-7-13-3-6-18(10)11/h8,13H,1-7H2. The van der Waals surface area contributed by atoms with Crippen molar-refractivity contribution < 1.29 is 0 Å². The first-order valence-electron chi connectivity index (χ1n) is 6.75. The van der Waals surface area contributed by atoms with Crippen molar-refractivity contribution in [3.63, 3.8) is 0 Å². The number of rotatable bonds is 2. The molecule has 1 saturated heterocycles. The maximum Gasteiger partial charge on any atom is 0.185 e. The van der Waals surface area contributed by atoms with Crippen LogP contribution in [-0.2, 0) is 13.1 Å². The molecule has 0 unspecified atom stereocenters. The SMILES string of the molecule is c1sc(N2CCCC2)nc1-c1nnc2n1CCNC2. The van der Waals surface area contributed by atoms with Crippen LogP contribution in [0.15, 0.2) is 5.38 Å². The van der Waals surface area contributed by atoms with Crippen LogP contribution in [0.3, 0.4) is 0 Å². The first-order chi connectivity index (χ1) is 9.42. The summed E-state index contributed by atoms with van der Waals surface area (Å²) in [6, 6.07) is 0. The van der Waals surface area contributed by atoms with Gasteiger partial charge in [-0.25, -0.2) is 4.98 Å². The van der Waals surface area contributed by atoms with Crippen LogP contribution in [0.1, 0.15) is 18.7 Å². The van der Waals surface area contributed by atoms with Gasteiger partial charge in [0.25, 0.3) is 0 Å². The molecule has 0 radical (unpaired) electrons. The Morgan fingerprint density at radius 1 is 1.16 bits per heavy atom. The summed E-state index contributed by atoms with van der Waals surface area (Å²) >= 11 is 1.71. The van der Waals surface area contributed by atoms with Crippen molar-refractivity contribution >= 4 is 16.5 Å². The third-order valence-electron chi connectivity index (χ3n) is 3.72. The van der Waals surface area contributed by atoms with Crippen molar-refractivity contribution in [2.75, 3.05) is 24.5 Å². The predicted octanol–water partition coefficient (Wildman–Crippen LogP) is 1.10. The minimum absolute atomic E-state index is 0.802. The zero-order valence-corrected chi connectivity index (χ0v) is 11.5. The molecule has 1 N–H and O–H groups in total. The van der Waals surface area contributed by atoms with E-state index < -0.39 is 0 Å². The van der Waals surface area contributed by atoms with E-state index in [9.17, 15) is 0 Å². The molecule has 2 aliphatic rings. The number of aromatic nitrogens is 4. The lowest BCUT2D eigenvalue weighted by atomic mass is 10.4. The molecule has 100 valence electrons. The topological polar surface area (TPSA) is 58.9 Å². The summed E-state index contributed by atoms with van der Waals surface area (Å²) in [5.74, 6) is 1.93. The Kier molecular flexibility index (Phi) is 2.73. The number of anilines is 1. The third kappa shape index (κ3) is 1.93. The van der Waals surface area contributed by atoms with E-state index in [1.54, 1.807) is 11.3 Å². The molecule has 6 nitrogen and oxygen atoms in total. The van der Waals surface area contributed by atoms with Crippen molar-refractivity contribution in [1.82, 2.24) is 25.1 Å². The van der Waals surface area contributed by atoms with Crippen molar-refractivity contribution in [3.05, 3.63) is 11.2 Å². The van der Waals surface area contributed by atoms with Gasteiger partial charge in [0.15, 0.2) is 11.0 Å². The summed E-state index contributed by atoms with van der Waals surface area (Å²) in [6.07, 6.45) is 2.56. The van der Waals surface area contributed by atoms with Gasteiger partial charge in [-0.15, -0.1) is 21.5 Å². The van der Waals surface area contributed by atoms with Gasteiger partial charge in [-0.2, -0.15) is 0 Å². The van der Waals surface area contributed by atoms with Gasteiger partial charge in [0.2, 0.25) is 0 Å². The largest absolute Gasteiger partial charge is 0.348 e. The van der Waals surface area contributed by atoms with Crippen molar-refractivity contribution in [2.24, 2.45) is 0 Å². The van der Waals surface area contributed by atoms with E-state index in [0.717, 1.165) is 55.2 Å². The molecule has 0 amide bonds. The molecule has 19 heavy (non-hydrogen) atoms. The predicted molar refractivity (Wildman–Crippen MR) is 74.3 cm³/mol. The van der Waals surface area contributed by atoms with E-state index in [1.165, 1.54) is 12.8 Å². The van der Waals surface area contributed by atoms with E-state index >= 15 is 0 Å². The van der Waals surface area contributed by atoms with Gasteiger partial charge < -0.3 is 14.8 Å². The molecule has 2 aliphatic heterocycles. The zero-order valence-electron chi connectivity index (χ0n) is 10.7. The van der Waals surface area contributed by atoms with Crippen molar-refractivity contribution in [3.8, 4) is 11.5 Å². The normalized spacial score (nSPS) is 18.8. The highest BCUT2D eigenvalue weighted by Crippen LogP contribution is 2.29. The maximum absolute atomic E-state index is 4.74. The molecule has 0 aromatic carbocycles. The molecule has 0 aliphatic carbocycles. The fourth-order valence-electron chi connectivity index (χ4n) is 2.70. The highest BCUT2D eigenvalue weighted by Gasteiger charge is 2.21. The monoisotopic (exact) mass is 276 g/mol. The zero-order chi connectivity index (χ0) is 12.7. The lowest BCUT2D eigenvalue weighted by Crippen LogP contribution is -2.28. The van der Waals surface area contributed by atoms with Gasteiger partial charge in [-0.1, -0.05) is 0 Å². The quantitative estimate of drug-likeness (QED) is 0.890. The summed E-state index contributed by atoms with van der Waals surface area (Å²) in [5, 5.41) is 15.1. The van der Waals surface area contributed by atoms with Gasteiger partial charge in [0, 0.05) is 31.6 Å². The molecular formula is C12H16N6S. The Bertz CT molecular complexity index is 583. The van der Waals surface area contributed by atoms with Crippen LogP contribution in [0.25, 0.3) is 11.5 Å². The van der Waals surface area contributed by atoms with E-state index in [4.69, 9.17) is 4.98 Å². The van der Waals surface area contributed by atoms with Crippen LogP contribution in [0, 0.1) is 0 Å². The molecule has 2 aromatic heterocycles. The summed E-state index contributed by atoms with van der Waals surface area (Å²) < 4.78 is 2.18. The van der Waals surface area contributed by atoms with Crippen LogP contribution < -0.4 is 10.2 Å². The smallest absolute Gasteiger partial charge is 0.185 e. The van der Waals surface area contributed by atoms with Gasteiger partial charge in [0.1, 0.15) is 11.5 Å². The van der Waals surface area contributed by atoms with Crippen LogP contribution in [0.4, 0.5) is 5.13 Å². The third-order valence-corrected chi connectivity index (χ3v) is 4.62. The minimum atomic E-state index is 0.802. The van der Waals surface area contributed by atoms with Crippen LogP contribution >= 0.6 is 11.3 Å². The molecule has 0 spiro atoms. The average Bonchev–Trinajstić information content (AvgIpc) is 3.18. The number of fused-ring (bicyclic) bond motifs is 1. The molecule has 0 saturated carbocycles. The van der Waals surface area contributed by atoms with E-state index in [-0.39, 0.29) is 0 Å². The maximum atomic E-state index is 4.74. The Morgan fingerprint density at radius 3 is 2.95 bits per heavy atom. The Labute approximate surface area is 115 Å². The molecule has 7 heteroatoms. The molecule has 1 fully saturated rings. The van der Waals surface area contributed by atoms with E-state index in [2.05, 4.69) is 30.4 Å². The second-order valence-electron chi connectivity index (χ2n) is 4.98. The fraction of sp³-hybridized carbons (Fsp3) is 0.583. The van der Waals surface area contributed by atoms with Crippen LogP contribution in [0.5, 0.6) is 0 Å². The van der Waals surface area contributed by atoms with E-state index in [1.807, 2.05) is 0 Å². The van der Waals surface area contributed by atoms with Crippen molar-refractivity contribution in [1.29, 1.82) is 0 Å². The van der Waals surface area contributed by atoms with Gasteiger partial charge in [-0.05, 0) is 12.8 Å². The molecular weight excluding hydrogens is 260 g/mol. The summed E-state index contributed by atoms with van der Waals surface area (Å²) in [5.41, 5.74) is 0.965. The molecule has 2 aromatic rings. The highest BCUT2D eigenvalue weighted by molar-refractivity contribution is 7.14. The first kappa shape index (κ1) is 11.4.